The van der Waals surface area contributed by atoms with E-state index in [1.807, 2.05) is 30.0 Å². The molecule has 1 aliphatic heterocycles. The maximum absolute atomic E-state index is 12.2. The van der Waals surface area contributed by atoms with Gasteiger partial charge in [0.25, 0.3) is 0 Å². The summed E-state index contributed by atoms with van der Waals surface area (Å²) in [4.78, 5) is 25.3. The average Bonchev–Trinajstić information content (AvgIpc) is 2.90. The lowest BCUT2D eigenvalue weighted by atomic mass is 10.2. The second kappa shape index (κ2) is 6.79. The summed E-state index contributed by atoms with van der Waals surface area (Å²) in [6.07, 6.45) is 0.922. The number of anilines is 1. The average molecular weight is 293 g/mol. The predicted molar refractivity (Wildman–Crippen MR) is 81.0 cm³/mol. The smallest absolute Gasteiger partial charge is 0.309 e. The van der Waals surface area contributed by atoms with Crippen molar-refractivity contribution in [3.63, 3.8) is 0 Å². The lowest BCUT2D eigenvalue weighted by Gasteiger charge is -2.17. The Morgan fingerprint density at radius 2 is 2.15 bits per heavy atom. The second-order valence-electron chi connectivity index (χ2n) is 4.86. The Morgan fingerprint density at radius 3 is 2.90 bits per heavy atom. The molecule has 1 unspecified atom stereocenters. The molecular weight excluding hydrogens is 274 g/mol. The van der Waals surface area contributed by atoms with Gasteiger partial charge in [0.05, 0.1) is 18.8 Å². The van der Waals surface area contributed by atoms with Crippen LogP contribution in [0, 0.1) is 5.92 Å². The summed E-state index contributed by atoms with van der Waals surface area (Å²) in [5.41, 5.74) is 2.26. The minimum absolute atomic E-state index is 0.108. The molecule has 1 atom stereocenters. The Hall–Kier alpha value is -1.49. The highest BCUT2D eigenvalue weighted by atomic mass is 32.2. The van der Waals surface area contributed by atoms with Crippen LogP contribution in [0.15, 0.2) is 24.3 Å². The third-order valence-corrected chi connectivity index (χ3v) is 4.57. The van der Waals surface area contributed by atoms with Gasteiger partial charge in [-0.1, -0.05) is 25.1 Å². The van der Waals surface area contributed by atoms with Crippen molar-refractivity contribution < 1.29 is 14.3 Å². The van der Waals surface area contributed by atoms with Gasteiger partial charge in [0.2, 0.25) is 5.91 Å². The van der Waals surface area contributed by atoms with E-state index in [2.05, 4.69) is 10.8 Å². The fourth-order valence-corrected chi connectivity index (χ4v) is 3.21. The van der Waals surface area contributed by atoms with Gasteiger partial charge in [-0.2, -0.15) is 11.8 Å². The highest BCUT2D eigenvalue weighted by molar-refractivity contribution is 8.00. The van der Waals surface area contributed by atoms with Crippen molar-refractivity contribution in [3.8, 4) is 0 Å². The first-order valence-electron chi connectivity index (χ1n) is 6.67. The van der Waals surface area contributed by atoms with Crippen LogP contribution < -0.4 is 4.90 Å². The molecule has 108 valence electrons. The third-order valence-electron chi connectivity index (χ3n) is 3.39. The number of esters is 1. The van der Waals surface area contributed by atoms with Crippen LogP contribution in [0.25, 0.3) is 0 Å². The van der Waals surface area contributed by atoms with Crippen LogP contribution in [0.4, 0.5) is 5.69 Å². The molecule has 0 fully saturated rings. The summed E-state index contributed by atoms with van der Waals surface area (Å²) in [7, 11) is 1.38. The molecule has 1 amide bonds. The molecule has 20 heavy (non-hydrogen) atoms. The van der Waals surface area contributed by atoms with Gasteiger partial charge in [-0.3, -0.25) is 9.59 Å². The molecule has 0 aromatic heterocycles. The number of fused-ring (bicyclic) bond motifs is 1. The molecule has 0 radical (unpaired) electrons. The zero-order chi connectivity index (χ0) is 14.5. The van der Waals surface area contributed by atoms with Crippen LogP contribution in [0.5, 0.6) is 0 Å². The van der Waals surface area contributed by atoms with E-state index in [1.54, 1.807) is 0 Å². The number of para-hydroxylation sites is 1. The fraction of sp³-hybridized carbons (Fsp3) is 0.467. The van der Waals surface area contributed by atoms with Crippen molar-refractivity contribution >= 4 is 29.3 Å². The molecule has 0 N–H and O–H groups in total. The van der Waals surface area contributed by atoms with Gasteiger partial charge in [-0.15, -0.1) is 0 Å². The van der Waals surface area contributed by atoms with Gasteiger partial charge in [0, 0.05) is 18.0 Å². The van der Waals surface area contributed by atoms with Crippen molar-refractivity contribution in [2.75, 3.05) is 30.1 Å². The first-order valence-corrected chi connectivity index (χ1v) is 7.82. The fourth-order valence-electron chi connectivity index (χ4n) is 2.27. The summed E-state index contributed by atoms with van der Waals surface area (Å²) in [6, 6.07) is 8.01. The molecule has 5 heteroatoms. The van der Waals surface area contributed by atoms with Crippen LogP contribution in [-0.2, 0) is 20.7 Å². The van der Waals surface area contributed by atoms with Gasteiger partial charge < -0.3 is 9.64 Å². The second-order valence-corrected chi connectivity index (χ2v) is 5.89. The Balaban J connectivity index is 1.84. The summed E-state index contributed by atoms with van der Waals surface area (Å²) in [6.45, 7) is 2.57. The van der Waals surface area contributed by atoms with E-state index < -0.39 is 0 Å². The summed E-state index contributed by atoms with van der Waals surface area (Å²) in [5, 5.41) is 0. The van der Waals surface area contributed by atoms with Crippen LogP contribution in [-0.4, -0.2) is 37.0 Å². The molecule has 2 rings (SSSR count). The molecule has 0 aliphatic carbocycles. The normalized spacial score (nSPS) is 14.8. The zero-order valence-electron chi connectivity index (χ0n) is 11.8. The number of carbonyl (C=O) groups is 2. The van der Waals surface area contributed by atoms with Gasteiger partial charge in [0.15, 0.2) is 0 Å². The zero-order valence-corrected chi connectivity index (χ0v) is 12.6. The van der Waals surface area contributed by atoms with E-state index >= 15 is 0 Å². The molecular formula is C15H19NO3S. The number of rotatable bonds is 5. The molecule has 1 aliphatic rings. The number of hydrogen-bond acceptors (Lipinski definition) is 4. The number of methoxy groups -OCH3 is 1. The van der Waals surface area contributed by atoms with E-state index in [0.29, 0.717) is 11.5 Å². The molecule has 0 saturated carbocycles. The molecule has 4 nitrogen and oxygen atoms in total. The number of thioether (sulfide) groups is 1. The van der Waals surface area contributed by atoms with E-state index in [0.717, 1.165) is 18.7 Å². The third kappa shape index (κ3) is 3.33. The summed E-state index contributed by atoms with van der Waals surface area (Å²) >= 11 is 1.48. The van der Waals surface area contributed by atoms with E-state index in [1.165, 1.54) is 24.4 Å². The van der Waals surface area contributed by atoms with Crippen LogP contribution in [0.3, 0.4) is 0 Å². The van der Waals surface area contributed by atoms with Gasteiger partial charge in [-0.05, 0) is 18.1 Å². The molecule has 1 aromatic rings. The van der Waals surface area contributed by atoms with Crippen molar-refractivity contribution in [1.82, 2.24) is 0 Å². The maximum atomic E-state index is 12.2. The van der Waals surface area contributed by atoms with Crippen LogP contribution in [0.2, 0.25) is 0 Å². The molecule has 1 aromatic carbocycles. The Labute approximate surface area is 123 Å². The number of ether oxygens (including phenoxy) is 1. The van der Waals surface area contributed by atoms with Gasteiger partial charge in [-0.25, -0.2) is 0 Å². The first-order chi connectivity index (χ1) is 9.63. The predicted octanol–water partition coefficient (Wildman–Crippen LogP) is 2.12. The standard InChI is InChI=1S/C15H19NO3S/c1-11(15(18)19-2)9-20-10-14(17)16-8-7-12-5-3-4-6-13(12)16/h3-6,11H,7-10H2,1-2H3. The highest BCUT2D eigenvalue weighted by Crippen LogP contribution is 2.28. The lowest BCUT2D eigenvalue weighted by molar-refractivity contribution is -0.144. The summed E-state index contributed by atoms with van der Waals surface area (Å²) < 4.78 is 4.67. The summed E-state index contributed by atoms with van der Waals surface area (Å²) in [5.74, 6) is 0.709. The Morgan fingerprint density at radius 1 is 1.40 bits per heavy atom. The van der Waals surface area contributed by atoms with Gasteiger partial charge in [0.1, 0.15) is 0 Å². The minimum atomic E-state index is -0.225. The molecule has 0 spiro atoms. The van der Waals surface area contributed by atoms with E-state index in [9.17, 15) is 9.59 Å². The topological polar surface area (TPSA) is 46.6 Å². The van der Waals surface area contributed by atoms with Crippen LogP contribution >= 0.6 is 11.8 Å². The molecule has 1 heterocycles. The lowest BCUT2D eigenvalue weighted by Crippen LogP contribution is -2.30. The van der Waals surface area contributed by atoms with E-state index in [-0.39, 0.29) is 17.8 Å². The largest absolute Gasteiger partial charge is 0.469 e. The number of carbonyl (C=O) groups excluding carboxylic acids is 2. The van der Waals surface area contributed by atoms with Crippen LogP contribution in [0.1, 0.15) is 12.5 Å². The number of nitrogens with zero attached hydrogens (tertiary/aromatic N) is 1. The van der Waals surface area contributed by atoms with Gasteiger partial charge >= 0.3 is 5.97 Å². The molecule has 0 bridgehead atoms. The monoisotopic (exact) mass is 293 g/mol. The Kier molecular flexibility index (Phi) is 5.06. The van der Waals surface area contributed by atoms with Crippen molar-refractivity contribution in [2.45, 2.75) is 13.3 Å². The number of hydrogen-bond donors (Lipinski definition) is 0. The van der Waals surface area contributed by atoms with Crippen molar-refractivity contribution in [2.24, 2.45) is 5.92 Å². The maximum Gasteiger partial charge on any atom is 0.309 e. The van der Waals surface area contributed by atoms with Crippen molar-refractivity contribution in [1.29, 1.82) is 0 Å². The number of benzene rings is 1. The first kappa shape index (κ1) is 14.9. The minimum Gasteiger partial charge on any atom is -0.469 e. The highest BCUT2D eigenvalue weighted by Gasteiger charge is 2.24. The Bertz CT molecular complexity index is 504. The number of amides is 1. The van der Waals surface area contributed by atoms with Crippen molar-refractivity contribution in [3.05, 3.63) is 29.8 Å². The SMILES string of the molecule is COC(=O)C(C)CSCC(=O)N1CCc2ccccc21. The quantitative estimate of drug-likeness (QED) is 0.780. The molecule has 0 saturated heterocycles. The van der Waals surface area contributed by atoms with E-state index in [4.69, 9.17) is 0 Å².